The van der Waals surface area contributed by atoms with Crippen LogP contribution in [0, 0.1) is 0 Å². The number of halogens is 1. The third-order valence-electron chi connectivity index (χ3n) is 4.69. The first-order valence-electron chi connectivity index (χ1n) is 9.58. The van der Waals surface area contributed by atoms with E-state index in [1.165, 1.54) is 30.1 Å². The van der Waals surface area contributed by atoms with E-state index in [4.69, 9.17) is 9.47 Å². The SMILES string of the molecule is CCc1ccc(-c2csc(NC(=O)/C=C/c3ccc(OC)c(Br)c3)c2C(=O)OC)cc1. The highest BCUT2D eigenvalue weighted by atomic mass is 79.9. The number of hydrogen-bond acceptors (Lipinski definition) is 5. The number of rotatable bonds is 7. The van der Waals surface area contributed by atoms with Crippen molar-refractivity contribution in [2.45, 2.75) is 13.3 Å². The maximum Gasteiger partial charge on any atom is 0.341 e. The van der Waals surface area contributed by atoms with Crippen molar-refractivity contribution < 1.29 is 19.1 Å². The maximum atomic E-state index is 12.5. The highest BCUT2D eigenvalue weighted by molar-refractivity contribution is 9.10. The minimum atomic E-state index is -0.491. The van der Waals surface area contributed by atoms with Crippen molar-refractivity contribution >= 4 is 50.2 Å². The quantitative estimate of drug-likeness (QED) is 0.311. The van der Waals surface area contributed by atoms with Gasteiger partial charge in [0, 0.05) is 17.0 Å². The van der Waals surface area contributed by atoms with Gasteiger partial charge in [0.15, 0.2) is 0 Å². The van der Waals surface area contributed by atoms with E-state index < -0.39 is 5.97 Å². The van der Waals surface area contributed by atoms with Gasteiger partial charge >= 0.3 is 5.97 Å². The summed E-state index contributed by atoms with van der Waals surface area (Å²) < 4.78 is 11.0. The molecule has 7 heteroatoms. The molecule has 3 rings (SSSR count). The Bertz CT molecular complexity index is 1120. The van der Waals surface area contributed by atoms with Gasteiger partial charge in [-0.3, -0.25) is 4.79 Å². The number of aryl methyl sites for hydroxylation is 1. The summed E-state index contributed by atoms with van der Waals surface area (Å²) in [7, 11) is 2.92. The first kappa shape index (κ1) is 22.8. The molecule has 0 saturated carbocycles. The van der Waals surface area contributed by atoms with Crippen molar-refractivity contribution in [3.63, 3.8) is 0 Å². The highest BCUT2D eigenvalue weighted by Gasteiger charge is 2.22. The Hall–Kier alpha value is -2.90. The van der Waals surface area contributed by atoms with E-state index in [-0.39, 0.29) is 5.91 Å². The zero-order valence-corrected chi connectivity index (χ0v) is 19.8. The topological polar surface area (TPSA) is 64.6 Å². The predicted octanol–water partition coefficient (Wildman–Crippen LogP) is 6.19. The van der Waals surface area contributed by atoms with Gasteiger partial charge in [0.25, 0.3) is 0 Å². The fourth-order valence-corrected chi connectivity index (χ4v) is 4.52. The van der Waals surface area contributed by atoms with Crippen LogP contribution in [0.5, 0.6) is 5.75 Å². The Labute approximate surface area is 193 Å². The molecule has 0 atom stereocenters. The Morgan fingerprint density at radius 1 is 1.13 bits per heavy atom. The lowest BCUT2D eigenvalue weighted by atomic mass is 10.0. The zero-order valence-electron chi connectivity index (χ0n) is 17.4. The lowest BCUT2D eigenvalue weighted by Crippen LogP contribution is -2.11. The Balaban J connectivity index is 1.83. The molecule has 160 valence electrons. The molecule has 0 unspecified atom stereocenters. The van der Waals surface area contributed by atoms with E-state index in [1.54, 1.807) is 13.2 Å². The van der Waals surface area contributed by atoms with Gasteiger partial charge in [-0.15, -0.1) is 11.3 Å². The van der Waals surface area contributed by atoms with E-state index in [2.05, 4.69) is 28.2 Å². The maximum absolute atomic E-state index is 12.5. The Morgan fingerprint density at radius 3 is 2.48 bits per heavy atom. The third-order valence-corrected chi connectivity index (χ3v) is 6.21. The number of carbonyl (C=O) groups excluding carboxylic acids is 2. The molecule has 1 heterocycles. The minimum Gasteiger partial charge on any atom is -0.496 e. The van der Waals surface area contributed by atoms with Crippen LogP contribution in [0.4, 0.5) is 5.00 Å². The van der Waals surface area contributed by atoms with Crippen LogP contribution in [0.1, 0.15) is 28.4 Å². The van der Waals surface area contributed by atoms with E-state index in [0.717, 1.165) is 27.6 Å². The number of amides is 1. The normalized spacial score (nSPS) is 10.8. The third kappa shape index (κ3) is 5.42. The summed E-state index contributed by atoms with van der Waals surface area (Å²) in [5.41, 5.74) is 4.03. The number of ether oxygens (including phenoxy) is 2. The molecule has 0 aliphatic carbocycles. The van der Waals surface area contributed by atoms with Crippen LogP contribution in [-0.4, -0.2) is 26.1 Å². The van der Waals surface area contributed by atoms with E-state index in [1.807, 2.05) is 47.8 Å². The second-order valence-electron chi connectivity index (χ2n) is 6.61. The lowest BCUT2D eigenvalue weighted by molar-refractivity contribution is -0.111. The average molecular weight is 500 g/mol. The summed E-state index contributed by atoms with van der Waals surface area (Å²) in [4.78, 5) is 25.0. The van der Waals surface area contributed by atoms with Crippen LogP contribution >= 0.6 is 27.3 Å². The van der Waals surface area contributed by atoms with Gasteiger partial charge in [0.2, 0.25) is 5.91 Å². The smallest absolute Gasteiger partial charge is 0.341 e. The number of benzene rings is 2. The average Bonchev–Trinajstić information content (AvgIpc) is 3.20. The first-order chi connectivity index (χ1) is 15.0. The number of hydrogen-bond donors (Lipinski definition) is 1. The number of carbonyl (C=O) groups is 2. The van der Waals surface area contributed by atoms with Crippen molar-refractivity contribution in [1.29, 1.82) is 0 Å². The summed E-state index contributed by atoms with van der Waals surface area (Å²) in [5.74, 6) is -0.122. The summed E-state index contributed by atoms with van der Waals surface area (Å²) in [6, 6.07) is 13.5. The summed E-state index contributed by atoms with van der Waals surface area (Å²) in [6.45, 7) is 2.09. The predicted molar refractivity (Wildman–Crippen MR) is 129 cm³/mol. The molecule has 5 nitrogen and oxygen atoms in total. The van der Waals surface area contributed by atoms with E-state index >= 15 is 0 Å². The summed E-state index contributed by atoms with van der Waals surface area (Å²) in [6.07, 6.45) is 4.05. The van der Waals surface area contributed by atoms with Gasteiger partial charge < -0.3 is 14.8 Å². The molecule has 0 aliphatic rings. The fraction of sp³-hybridized carbons (Fsp3) is 0.167. The molecule has 0 radical (unpaired) electrons. The number of nitrogens with one attached hydrogen (secondary N) is 1. The second-order valence-corrected chi connectivity index (χ2v) is 8.35. The number of methoxy groups -OCH3 is 2. The monoisotopic (exact) mass is 499 g/mol. The molecular weight excluding hydrogens is 478 g/mol. The number of esters is 1. The summed E-state index contributed by atoms with van der Waals surface area (Å²) >= 11 is 4.72. The van der Waals surface area contributed by atoms with Gasteiger partial charge in [0.1, 0.15) is 16.3 Å². The van der Waals surface area contributed by atoms with Gasteiger partial charge in [-0.05, 0) is 57.2 Å². The fourth-order valence-electron chi connectivity index (χ4n) is 3.00. The van der Waals surface area contributed by atoms with Gasteiger partial charge in [-0.1, -0.05) is 37.3 Å². The molecule has 2 aromatic carbocycles. The van der Waals surface area contributed by atoms with Crippen LogP contribution in [0.15, 0.2) is 58.4 Å². The summed E-state index contributed by atoms with van der Waals surface area (Å²) in [5, 5.41) is 5.11. The molecular formula is C24H22BrNO4S. The zero-order chi connectivity index (χ0) is 22.4. The van der Waals surface area contributed by atoms with Gasteiger partial charge in [-0.2, -0.15) is 0 Å². The van der Waals surface area contributed by atoms with Crippen molar-refractivity contribution in [2.24, 2.45) is 0 Å². The lowest BCUT2D eigenvalue weighted by Gasteiger charge is -2.07. The minimum absolute atomic E-state index is 0.341. The number of anilines is 1. The largest absolute Gasteiger partial charge is 0.496 e. The van der Waals surface area contributed by atoms with E-state index in [9.17, 15) is 9.59 Å². The molecule has 1 aromatic heterocycles. The van der Waals surface area contributed by atoms with Gasteiger partial charge in [0.05, 0.1) is 18.7 Å². The van der Waals surface area contributed by atoms with E-state index in [0.29, 0.717) is 16.3 Å². The first-order valence-corrected chi connectivity index (χ1v) is 11.3. The molecule has 0 bridgehead atoms. The Morgan fingerprint density at radius 2 is 1.87 bits per heavy atom. The van der Waals surface area contributed by atoms with Crippen LogP contribution in [0.3, 0.4) is 0 Å². The van der Waals surface area contributed by atoms with Crippen molar-refractivity contribution in [2.75, 3.05) is 19.5 Å². The highest BCUT2D eigenvalue weighted by Crippen LogP contribution is 2.36. The number of thiophene rings is 1. The molecule has 1 amide bonds. The molecule has 31 heavy (non-hydrogen) atoms. The molecule has 3 aromatic rings. The molecule has 0 aliphatic heterocycles. The van der Waals surface area contributed by atoms with Gasteiger partial charge in [-0.25, -0.2) is 4.79 Å². The van der Waals surface area contributed by atoms with Crippen LogP contribution in [0.2, 0.25) is 0 Å². The molecule has 0 saturated heterocycles. The van der Waals surface area contributed by atoms with Crippen LogP contribution in [0.25, 0.3) is 17.2 Å². The standard InChI is InChI=1S/C24H22BrNO4S/c1-4-15-5-9-17(10-6-15)18-14-31-23(22(18)24(28)30-3)26-21(27)12-8-16-7-11-20(29-2)19(25)13-16/h5-14H,4H2,1-3H3,(H,26,27)/b12-8+. The molecule has 0 fully saturated rings. The molecule has 1 N–H and O–H groups in total. The van der Waals surface area contributed by atoms with Crippen LogP contribution in [-0.2, 0) is 16.0 Å². The van der Waals surface area contributed by atoms with Crippen LogP contribution < -0.4 is 10.1 Å². The van der Waals surface area contributed by atoms with Crippen molar-refractivity contribution in [3.8, 4) is 16.9 Å². The van der Waals surface area contributed by atoms with Crippen molar-refractivity contribution in [1.82, 2.24) is 0 Å². The molecule has 0 spiro atoms. The second kappa shape index (κ2) is 10.4. The Kier molecular flexibility index (Phi) is 7.65. The van der Waals surface area contributed by atoms with Crippen molar-refractivity contribution in [3.05, 3.63) is 75.1 Å².